The molecule has 1 aromatic heterocycles. The molecule has 0 aliphatic heterocycles. The SMILES string of the molecule is CCOC(C)(C)C(NC)c1ccco1. The number of ether oxygens (including phenoxy) is 1. The lowest BCUT2D eigenvalue weighted by atomic mass is 9.96. The van der Waals surface area contributed by atoms with Gasteiger partial charge in [-0.3, -0.25) is 0 Å². The van der Waals surface area contributed by atoms with Crippen LogP contribution in [0.1, 0.15) is 32.6 Å². The zero-order valence-electron chi connectivity index (χ0n) is 9.33. The smallest absolute Gasteiger partial charge is 0.123 e. The molecule has 0 aromatic carbocycles. The summed E-state index contributed by atoms with van der Waals surface area (Å²) in [5, 5.41) is 3.21. The Hall–Kier alpha value is -0.800. The minimum absolute atomic E-state index is 0.0810. The van der Waals surface area contributed by atoms with E-state index in [1.807, 2.05) is 26.1 Å². The zero-order chi connectivity index (χ0) is 10.6. The van der Waals surface area contributed by atoms with Gasteiger partial charge in [0.1, 0.15) is 5.76 Å². The molecule has 0 amide bonds. The van der Waals surface area contributed by atoms with Gasteiger partial charge in [0, 0.05) is 6.61 Å². The van der Waals surface area contributed by atoms with Crippen LogP contribution in [0, 0.1) is 0 Å². The van der Waals surface area contributed by atoms with Crippen molar-refractivity contribution in [2.24, 2.45) is 0 Å². The van der Waals surface area contributed by atoms with Crippen molar-refractivity contribution in [1.29, 1.82) is 0 Å². The van der Waals surface area contributed by atoms with Crippen LogP contribution in [0.15, 0.2) is 22.8 Å². The van der Waals surface area contributed by atoms with E-state index in [4.69, 9.17) is 9.15 Å². The van der Waals surface area contributed by atoms with Crippen LogP contribution in [-0.4, -0.2) is 19.3 Å². The number of likely N-dealkylation sites (N-methyl/N-ethyl adjacent to an activating group) is 1. The third kappa shape index (κ3) is 2.36. The van der Waals surface area contributed by atoms with Crippen molar-refractivity contribution in [3.05, 3.63) is 24.2 Å². The van der Waals surface area contributed by atoms with Crippen LogP contribution in [0.4, 0.5) is 0 Å². The topological polar surface area (TPSA) is 34.4 Å². The van der Waals surface area contributed by atoms with Crippen molar-refractivity contribution in [1.82, 2.24) is 5.32 Å². The normalized spacial score (nSPS) is 14.3. The highest BCUT2D eigenvalue weighted by molar-refractivity contribution is 5.09. The fraction of sp³-hybridized carbons (Fsp3) is 0.636. The number of nitrogens with one attached hydrogen (secondary N) is 1. The summed E-state index contributed by atoms with van der Waals surface area (Å²) in [4.78, 5) is 0. The predicted octanol–water partition coefficient (Wildman–Crippen LogP) is 2.36. The molecule has 1 aromatic rings. The molecule has 14 heavy (non-hydrogen) atoms. The summed E-state index contributed by atoms with van der Waals surface area (Å²) >= 11 is 0. The van der Waals surface area contributed by atoms with E-state index in [0.29, 0.717) is 6.61 Å². The lowest BCUT2D eigenvalue weighted by Crippen LogP contribution is -2.39. The molecule has 0 aliphatic rings. The van der Waals surface area contributed by atoms with E-state index in [0.717, 1.165) is 5.76 Å². The minimum atomic E-state index is -0.263. The molecule has 0 fully saturated rings. The Morgan fingerprint density at radius 1 is 1.57 bits per heavy atom. The van der Waals surface area contributed by atoms with Crippen LogP contribution in [0.3, 0.4) is 0 Å². The number of furan rings is 1. The summed E-state index contributed by atoms with van der Waals surface area (Å²) in [7, 11) is 1.91. The third-order valence-electron chi connectivity index (χ3n) is 2.33. The van der Waals surface area contributed by atoms with E-state index in [1.54, 1.807) is 6.26 Å². The molecule has 1 rings (SSSR count). The second-order valence-electron chi connectivity index (χ2n) is 3.77. The lowest BCUT2D eigenvalue weighted by molar-refractivity contribution is -0.0422. The molecule has 0 saturated heterocycles. The van der Waals surface area contributed by atoms with Gasteiger partial charge in [0.2, 0.25) is 0 Å². The number of hydrogen-bond donors (Lipinski definition) is 1. The fourth-order valence-corrected chi connectivity index (χ4v) is 1.74. The molecule has 1 unspecified atom stereocenters. The predicted molar refractivity (Wildman–Crippen MR) is 56.2 cm³/mol. The molecule has 3 heteroatoms. The Kier molecular flexibility index (Phi) is 3.72. The van der Waals surface area contributed by atoms with E-state index >= 15 is 0 Å². The van der Waals surface area contributed by atoms with E-state index in [-0.39, 0.29) is 11.6 Å². The fourth-order valence-electron chi connectivity index (χ4n) is 1.74. The average Bonchev–Trinajstić information content (AvgIpc) is 2.57. The van der Waals surface area contributed by atoms with Gasteiger partial charge in [0.05, 0.1) is 17.9 Å². The van der Waals surface area contributed by atoms with Gasteiger partial charge in [-0.05, 0) is 40.0 Å². The van der Waals surface area contributed by atoms with Gasteiger partial charge in [-0.25, -0.2) is 0 Å². The Labute approximate surface area is 85.4 Å². The van der Waals surface area contributed by atoms with Crippen LogP contribution in [0.2, 0.25) is 0 Å². The van der Waals surface area contributed by atoms with Crippen LogP contribution < -0.4 is 5.32 Å². The summed E-state index contributed by atoms with van der Waals surface area (Å²) in [6.07, 6.45) is 1.68. The van der Waals surface area contributed by atoms with Gasteiger partial charge in [0.15, 0.2) is 0 Å². The van der Waals surface area contributed by atoms with E-state index in [2.05, 4.69) is 19.2 Å². The summed E-state index contributed by atoms with van der Waals surface area (Å²) in [6, 6.07) is 3.93. The lowest BCUT2D eigenvalue weighted by Gasteiger charge is -2.32. The highest BCUT2D eigenvalue weighted by Gasteiger charge is 2.31. The van der Waals surface area contributed by atoms with Gasteiger partial charge in [-0.1, -0.05) is 0 Å². The summed E-state index contributed by atoms with van der Waals surface area (Å²) in [6.45, 7) is 6.81. The van der Waals surface area contributed by atoms with Crippen molar-refractivity contribution in [2.45, 2.75) is 32.4 Å². The maximum atomic E-state index is 5.68. The molecule has 0 spiro atoms. The van der Waals surface area contributed by atoms with Crippen molar-refractivity contribution in [3.8, 4) is 0 Å². The molecule has 1 N–H and O–H groups in total. The van der Waals surface area contributed by atoms with Crippen LogP contribution >= 0.6 is 0 Å². The molecular formula is C11H19NO2. The van der Waals surface area contributed by atoms with Crippen LogP contribution in [0.5, 0.6) is 0 Å². The molecule has 3 nitrogen and oxygen atoms in total. The Balaban J connectivity index is 2.81. The first-order chi connectivity index (χ1) is 6.61. The van der Waals surface area contributed by atoms with Crippen molar-refractivity contribution >= 4 is 0 Å². The Bertz CT molecular complexity index is 254. The maximum Gasteiger partial charge on any atom is 0.123 e. The van der Waals surface area contributed by atoms with Gasteiger partial charge in [-0.2, -0.15) is 0 Å². The first-order valence-corrected chi connectivity index (χ1v) is 4.96. The van der Waals surface area contributed by atoms with Gasteiger partial charge in [0.25, 0.3) is 0 Å². The summed E-state index contributed by atoms with van der Waals surface area (Å²) in [5.41, 5.74) is -0.263. The molecule has 1 atom stereocenters. The average molecular weight is 197 g/mol. The van der Waals surface area contributed by atoms with E-state index in [1.165, 1.54) is 0 Å². The van der Waals surface area contributed by atoms with Crippen molar-refractivity contribution < 1.29 is 9.15 Å². The van der Waals surface area contributed by atoms with Crippen LogP contribution in [0.25, 0.3) is 0 Å². The third-order valence-corrected chi connectivity index (χ3v) is 2.33. The van der Waals surface area contributed by atoms with Gasteiger partial charge in [-0.15, -0.1) is 0 Å². The highest BCUT2D eigenvalue weighted by Crippen LogP contribution is 2.28. The second-order valence-corrected chi connectivity index (χ2v) is 3.77. The maximum absolute atomic E-state index is 5.68. The minimum Gasteiger partial charge on any atom is -0.468 e. The molecular weight excluding hydrogens is 178 g/mol. The standard InChI is InChI=1S/C11H19NO2/c1-5-14-11(2,3)10(12-4)9-7-6-8-13-9/h6-8,10,12H,5H2,1-4H3. The molecule has 0 radical (unpaired) electrons. The largest absolute Gasteiger partial charge is 0.468 e. The highest BCUT2D eigenvalue weighted by atomic mass is 16.5. The monoisotopic (exact) mass is 197 g/mol. The zero-order valence-corrected chi connectivity index (χ0v) is 9.33. The van der Waals surface area contributed by atoms with E-state index in [9.17, 15) is 0 Å². The Morgan fingerprint density at radius 2 is 2.29 bits per heavy atom. The first-order valence-electron chi connectivity index (χ1n) is 4.96. The quantitative estimate of drug-likeness (QED) is 0.786. The Morgan fingerprint density at radius 3 is 2.71 bits per heavy atom. The van der Waals surface area contributed by atoms with Gasteiger partial charge >= 0.3 is 0 Å². The first kappa shape index (κ1) is 11.3. The summed E-state index contributed by atoms with van der Waals surface area (Å²) in [5.74, 6) is 0.908. The van der Waals surface area contributed by atoms with Crippen molar-refractivity contribution in [3.63, 3.8) is 0 Å². The summed E-state index contributed by atoms with van der Waals surface area (Å²) < 4.78 is 11.1. The second kappa shape index (κ2) is 4.62. The van der Waals surface area contributed by atoms with E-state index < -0.39 is 0 Å². The van der Waals surface area contributed by atoms with Crippen LogP contribution in [-0.2, 0) is 4.74 Å². The number of rotatable bonds is 5. The molecule has 0 saturated carbocycles. The van der Waals surface area contributed by atoms with Gasteiger partial charge < -0.3 is 14.5 Å². The molecule has 80 valence electrons. The molecule has 0 aliphatic carbocycles. The van der Waals surface area contributed by atoms with Crippen molar-refractivity contribution in [2.75, 3.05) is 13.7 Å². The molecule has 1 heterocycles. The molecule has 0 bridgehead atoms. The number of hydrogen-bond acceptors (Lipinski definition) is 3.